The molecule has 28 heavy (non-hydrogen) atoms. The van der Waals surface area contributed by atoms with E-state index in [-0.39, 0.29) is 24.8 Å². The largest absolute Gasteiger partial charge is 0.426 e. The Hall–Kier alpha value is -3.45. The fourth-order valence-electron chi connectivity index (χ4n) is 2.35. The first-order valence-corrected chi connectivity index (χ1v) is 9.48. The summed E-state index contributed by atoms with van der Waals surface area (Å²) in [4.78, 5) is 36.4. The molecule has 142 valence electrons. The number of hydrogen-bond donors (Lipinski definition) is 2. The van der Waals surface area contributed by atoms with E-state index >= 15 is 0 Å². The van der Waals surface area contributed by atoms with Gasteiger partial charge in [-0.05, 0) is 47.8 Å². The average Bonchev–Trinajstić information content (AvgIpc) is 3.25. The van der Waals surface area contributed by atoms with Gasteiger partial charge in [0.2, 0.25) is 0 Å². The summed E-state index contributed by atoms with van der Waals surface area (Å²) in [6, 6.07) is 18.9. The maximum Gasteiger partial charge on any atom is 0.312 e. The number of ether oxygens (including phenoxy) is 1. The van der Waals surface area contributed by atoms with Crippen LogP contribution in [-0.2, 0) is 4.79 Å². The fourth-order valence-corrected chi connectivity index (χ4v) is 2.99. The van der Waals surface area contributed by atoms with E-state index in [0.29, 0.717) is 21.9 Å². The van der Waals surface area contributed by atoms with Crippen LogP contribution in [0.2, 0.25) is 0 Å². The van der Waals surface area contributed by atoms with Gasteiger partial charge in [0.1, 0.15) is 5.75 Å². The molecule has 2 amide bonds. The molecule has 6 nitrogen and oxygen atoms in total. The van der Waals surface area contributed by atoms with Gasteiger partial charge >= 0.3 is 5.97 Å². The van der Waals surface area contributed by atoms with Gasteiger partial charge in [-0.1, -0.05) is 24.3 Å². The van der Waals surface area contributed by atoms with Gasteiger partial charge in [0.05, 0.1) is 11.3 Å². The molecule has 1 heterocycles. The number of benzene rings is 2. The molecule has 2 aromatic carbocycles. The van der Waals surface area contributed by atoms with Gasteiger partial charge in [-0.15, -0.1) is 11.3 Å². The second kappa shape index (κ2) is 9.48. The SMILES string of the molecule is O=C(CCNC(=O)c1cccs1)Oc1ccc(NC(=O)c2ccccc2)cc1. The minimum absolute atomic E-state index is 0.0591. The molecule has 3 rings (SSSR count). The lowest BCUT2D eigenvalue weighted by atomic mass is 10.2. The van der Waals surface area contributed by atoms with Crippen molar-refractivity contribution in [3.05, 3.63) is 82.6 Å². The summed E-state index contributed by atoms with van der Waals surface area (Å²) in [5, 5.41) is 7.26. The number of esters is 1. The molecular formula is C21H18N2O4S. The van der Waals surface area contributed by atoms with Crippen molar-refractivity contribution in [1.29, 1.82) is 0 Å². The molecule has 0 bridgehead atoms. The lowest BCUT2D eigenvalue weighted by molar-refractivity contribution is -0.134. The van der Waals surface area contributed by atoms with Gasteiger partial charge in [0.25, 0.3) is 11.8 Å². The Bertz CT molecular complexity index is 938. The Morgan fingerprint density at radius 3 is 2.29 bits per heavy atom. The predicted molar refractivity (Wildman–Crippen MR) is 108 cm³/mol. The van der Waals surface area contributed by atoms with Crippen molar-refractivity contribution in [2.45, 2.75) is 6.42 Å². The third-order valence-corrected chi connectivity index (χ3v) is 4.61. The summed E-state index contributed by atoms with van der Waals surface area (Å²) < 4.78 is 5.23. The highest BCUT2D eigenvalue weighted by molar-refractivity contribution is 7.12. The molecule has 0 radical (unpaired) electrons. The van der Waals surface area contributed by atoms with E-state index in [2.05, 4.69) is 10.6 Å². The Kier molecular flexibility index (Phi) is 6.54. The molecule has 0 spiro atoms. The molecule has 0 atom stereocenters. The Labute approximate surface area is 166 Å². The molecule has 0 saturated heterocycles. The third-order valence-electron chi connectivity index (χ3n) is 3.74. The fraction of sp³-hybridized carbons (Fsp3) is 0.0952. The first-order valence-electron chi connectivity index (χ1n) is 8.60. The van der Waals surface area contributed by atoms with Crippen LogP contribution in [0, 0.1) is 0 Å². The van der Waals surface area contributed by atoms with Crippen molar-refractivity contribution in [3.63, 3.8) is 0 Å². The zero-order chi connectivity index (χ0) is 19.8. The van der Waals surface area contributed by atoms with Gasteiger partial charge in [0, 0.05) is 17.8 Å². The minimum atomic E-state index is -0.451. The van der Waals surface area contributed by atoms with Gasteiger partial charge < -0.3 is 15.4 Å². The molecule has 7 heteroatoms. The number of amides is 2. The van der Waals surface area contributed by atoms with E-state index in [0.717, 1.165) is 0 Å². The number of thiophene rings is 1. The van der Waals surface area contributed by atoms with Crippen molar-refractivity contribution in [2.75, 3.05) is 11.9 Å². The molecule has 0 aliphatic rings. The van der Waals surface area contributed by atoms with E-state index in [1.54, 1.807) is 60.7 Å². The van der Waals surface area contributed by atoms with Crippen molar-refractivity contribution in [3.8, 4) is 5.75 Å². The molecular weight excluding hydrogens is 376 g/mol. The standard InChI is InChI=1S/C21H18N2O4S/c24-19(12-13-22-21(26)18-7-4-14-28-18)27-17-10-8-16(9-11-17)23-20(25)15-5-2-1-3-6-15/h1-11,14H,12-13H2,(H,22,26)(H,23,25). The Morgan fingerprint density at radius 2 is 1.61 bits per heavy atom. The number of anilines is 1. The Morgan fingerprint density at radius 1 is 0.857 bits per heavy atom. The summed E-state index contributed by atoms with van der Waals surface area (Å²) in [6.45, 7) is 0.195. The van der Waals surface area contributed by atoms with Gasteiger partial charge in [0.15, 0.2) is 0 Å². The molecule has 0 fully saturated rings. The third kappa shape index (κ3) is 5.52. The summed E-state index contributed by atoms with van der Waals surface area (Å²) in [6.07, 6.45) is 0.0591. The highest BCUT2D eigenvalue weighted by Crippen LogP contribution is 2.17. The van der Waals surface area contributed by atoms with E-state index in [1.807, 2.05) is 11.4 Å². The monoisotopic (exact) mass is 394 g/mol. The molecule has 0 saturated carbocycles. The smallest absolute Gasteiger partial charge is 0.312 e. The minimum Gasteiger partial charge on any atom is -0.426 e. The number of rotatable bonds is 7. The van der Waals surface area contributed by atoms with Crippen LogP contribution in [0.1, 0.15) is 26.5 Å². The van der Waals surface area contributed by atoms with Crippen LogP contribution in [0.5, 0.6) is 5.75 Å². The van der Waals surface area contributed by atoms with Gasteiger partial charge in [-0.2, -0.15) is 0 Å². The zero-order valence-electron chi connectivity index (χ0n) is 14.9. The molecule has 2 N–H and O–H groups in total. The highest BCUT2D eigenvalue weighted by Gasteiger charge is 2.09. The Balaban J connectivity index is 1.44. The summed E-state index contributed by atoms with van der Waals surface area (Å²) in [5.74, 6) is -0.506. The first-order chi connectivity index (χ1) is 13.6. The highest BCUT2D eigenvalue weighted by atomic mass is 32.1. The summed E-state index contributed by atoms with van der Waals surface area (Å²) >= 11 is 1.34. The lowest BCUT2D eigenvalue weighted by Gasteiger charge is -2.08. The molecule has 1 aromatic heterocycles. The van der Waals surface area contributed by atoms with Crippen molar-refractivity contribution in [2.24, 2.45) is 0 Å². The van der Waals surface area contributed by atoms with Crippen LogP contribution in [0.3, 0.4) is 0 Å². The molecule has 3 aromatic rings. The number of carbonyl (C=O) groups excluding carboxylic acids is 3. The van der Waals surface area contributed by atoms with Crippen LogP contribution < -0.4 is 15.4 Å². The normalized spacial score (nSPS) is 10.1. The topological polar surface area (TPSA) is 84.5 Å². The maximum absolute atomic E-state index is 12.1. The predicted octanol–water partition coefficient (Wildman–Crippen LogP) is 3.73. The van der Waals surface area contributed by atoms with Crippen LogP contribution >= 0.6 is 11.3 Å². The van der Waals surface area contributed by atoms with Crippen molar-refractivity contribution >= 4 is 34.8 Å². The van der Waals surface area contributed by atoms with Crippen molar-refractivity contribution < 1.29 is 19.1 Å². The zero-order valence-corrected chi connectivity index (χ0v) is 15.7. The van der Waals surface area contributed by atoms with Crippen LogP contribution in [0.15, 0.2) is 72.1 Å². The first kappa shape index (κ1) is 19.3. The quantitative estimate of drug-likeness (QED) is 0.472. The van der Waals surface area contributed by atoms with Gasteiger partial charge in [-0.3, -0.25) is 14.4 Å². The maximum atomic E-state index is 12.1. The van der Waals surface area contributed by atoms with Crippen LogP contribution in [-0.4, -0.2) is 24.3 Å². The van der Waals surface area contributed by atoms with Crippen molar-refractivity contribution in [1.82, 2.24) is 5.32 Å². The van der Waals surface area contributed by atoms with E-state index in [9.17, 15) is 14.4 Å². The number of nitrogens with one attached hydrogen (secondary N) is 2. The summed E-state index contributed by atoms with van der Waals surface area (Å²) in [5.41, 5.74) is 1.15. The molecule has 0 aliphatic heterocycles. The lowest BCUT2D eigenvalue weighted by Crippen LogP contribution is -2.26. The second-order valence-electron chi connectivity index (χ2n) is 5.80. The molecule has 0 aliphatic carbocycles. The van der Waals surface area contributed by atoms with Crippen LogP contribution in [0.25, 0.3) is 0 Å². The number of hydrogen-bond acceptors (Lipinski definition) is 5. The van der Waals surface area contributed by atoms with Gasteiger partial charge in [-0.25, -0.2) is 0 Å². The van der Waals surface area contributed by atoms with E-state index < -0.39 is 5.97 Å². The second-order valence-corrected chi connectivity index (χ2v) is 6.75. The van der Waals surface area contributed by atoms with Crippen LogP contribution in [0.4, 0.5) is 5.69 Å². The van der Waals surface area contributed by atoms with E-state index in [4.69, 9.17) is 4.74 Å². The van der Waals surface area contributed by atoms with E-state index in [1.165, 1.54) is 11.3 Å². The summed E-state index contributed by atoms with van der Waals surface area (Å²) in [7, 11) is 0. The average molecular weight is 394 g/mol. The number of carbonyl (C=O) groups is 3. The molecule has 0 unspecified atom stereocenters.